The van der Waals surface area contributed by atoms with E-state index >= 15 is 0 Å². The Labute approximate surface area is 172 Å². The number of carbonyl (C=O) groups excluding carboxylic acids is 1. The van der Waals surface area contributed by atoms with Gasteiger partial charge in [0.1, 0.15) is 0 Å². The highest BCUT2D eigenvalue weighted by Gasteiger charge is 2.39. The van der Waals surface area contributed by atoms with Gasteiger partial charge in [0.25, 0.3) is 0 Å². The summed E-state index contributed by atoms with van der Waals surface area (Å²) in [4.78, 5) is 25.3. The topological polar surface area (TPSA) is 69.6 Å². The van der Waals surface area contributed by atoms with Crippen LogP contribution in [-0.2, 0) is 22.9 Å². The molecule has 1 aliphatic heterocycles. The van der Waals surface area contributed by atoms with Crippen molar-refractivity contribution in [3.8, 4) is 0 Å². The molecule has 160 valence electrons. The van der Waals surface area contributed by atoms with E-state index in [1.54, 1.807) is 0 Å². The van der Waals surface area contributed by atoms with Crippen molar-refractivity contribution in [2.24, 2.45) is 0 Å². The van der Waals surface area contributed by atoms with E-state index in [2.05, 4.69) is 5.32 Å². The second-order valence-corrected chi connectivity index (χ2v) is 7.57. The van der Waals surface area contributed by atoms with Crippen LogP contribution in [0.2, 0.25) is 0 Å². The highest BCUT2D eigenvalue weighted by molar-refractivity contribution is 5.78. The standard InChI is InChI=1S/C22H23F3N2O3/c23-22(24,25)18-8-4-5-16(13-18)15-26-19(28)14-21(17-6-2-1-3-7-17)9-11-27(12-10-21)20(29)30/h1-8,13H,9-12,14-15H2,(H,26,28)(H,29,30). The van der Waals surface area contributed by atoms with Crippen LogP contribution in [0.5, 0.6) is 0 Å². The normalized spacial score (nSPS) is 16.2. The maximum absolute atomic E-state index is 12.9. The SMILES string of the molecule is O=C(CC1(c2ccccc2)CCN(C(=O)O)CC1)NCc1cccc(C(F)(F)F)c1. The van der Waals surface area contributed by atoms with Crippen LogP contribution in [-0.4, -0.2) is 35.1 Å². The number of alkyl halides is 3. The lowest BCUT2D eigenvalue weighted by Gasteiger charge is -2.41. The summed E-state index contributed by atoms with van der Waals surface area (Å²) in [5.41, 5.74) is 0.0680. The molecule has 0 aliphatic carbocycles. The largest absolute Gasteiger partial charge is 0.465 e. The minimum Gasteiger partial charge on any atom is -0.465 e. The van der Waals surface area contributed by atoms with Gasteiger partial charge in [0.2, 0.25) is 5.91 Å². The highest BCUT2D eigenvalue weighted by atomic mass is 19.4. The smallest absolute Gasteiger partial charge is 0.416 e. The molecule has 2 amide bonds. The summed E-state index contributed by atoms with van der Waals surface area (Å²) in [7, 11) is 0. The number of nitrogens with zero attached hydrogens (tertiary/aromatic N) is 1. The lowest BCUT2D eigenvalue weighted by Crippen LogP contribution is -2.46. The molecule has 0 radical (unpaired) electrons. The number of rotatable bonds is 5. The molecule has 5 nitrogen and oxygen atoms in total. The van der Waals surface area contributed by atoms with Gasteiger partial charge in [-0.1, -0.05) is 42.5 Å². The van der Waals surface area contributed by atoms with Gasteiger partial charge in [-0.3, -0.25) is 4.79 Å². The fourth-order valence-corrected chi connectivity index (χ4v) is 3.91. The first-order valence-electron chi connectivity index (χ1n) is 9.66. The van der Waals surface area contributed by atoms with E-state index in [1.807, 2.05) is 30.3 Å². The van der Waals surface area contributed by atoms with Gasteiger partial charge in [-0.25, -0.2) is 4.79 Å². The van der Waals surface area contributed by atoms with Crippen LogP contribution in [0.25, 0.3) is 0 Å². The molecule has 2 aromatic rings. The van der Waals surface area contributed by atoms with Crippen molar-refractivity contribution in [1.82, 2.24) is 10.2 Å². The second kappa shape index (κ2) is 8.77. The molecular weight excluding hydrogens is 397 g/mol. The Kier molecular flexibility index (Phi) is 6.34. The zero-order valence-corrected chi connectivity index (χ0v) is 16.3. The number of carboxylic acid groups (broad SMARTS) is 1. The molecule has 1 saturated heterocycles. The Hall–Kier alpha value is -3.03. The average Bonchev–Trinajstić information content (AvgIpc) is 2.73. The van der Waals surface area contributed by atoms with Crippen molar-refractivity contribution in [2.45, 2.75) is 37.4 Å². The first-order chi connectivity index (χ1) is 14.2. The van der Waals surface area contributed by atoms with E-state index in [9.17, 15) is 27.9 Å². The van der Waals surface area contributed by atoms with Crippen molar-refractivity contribution in [1.29, 1.82) is 0 Å². The molecule has 2 N–H and O–H groups in total. The lowest BCUT2D eigenvalue weighted by atomic mass is 9.70. The van der Waals surface area contributed by atoms with Gasteiger partial charge in [-0.05, 0) is 36.1 Å². The van der Waals surface area contributed by atoms with Crippen LogP contribution in [0.1, 0.15) is 36.0 Å². The summed E-state index contributed by atoms with van der Waals surface area (Å²) < 4.78 is 38.6. The Morgan fingerprint density at radius 1 is 1.03 bits per heavy atom. The van der Waals surface area contributed by atoms with Crippen LogP contribution < -0.4 is 5.32 Å². The molecule has 0 atom stereocenters. The summed E-state index contributed by atoms with van der Waals surface area (Å²) >= 11 is 0. The maximum Gasteiger partial charge on any atom is 0.416 e. The molecule has 0 aromatic heterocycles. The minimum absolute atomic E-state index is 0.00509. The molecule has 0 saturated carbocycles. The van der Waals surface area contributed by atoms with Gasteiger partial charge in [0.15, 0.2) is 0 Å². The fourth-order valence-electron chi connectivity index (χ4n) is 3.91. The number of nitrogens with one attached hydrogen (secondary N) is 1. The fraction of sp³-hybridized carbons (Fsp3) is 0.364. The number of amides is 2. The van der Waals surface area contributed by atoms with Gasteiger partial charge in [-0.15, -0.1) is 0 Å². The molecule has 0 unspecified atom stereocenters. The second-order valence-electron chi connectivity index (χ2n) is 7.57. The van der Waals surface area contributed by atoms with Gasteiger partial charge in [0, 0.05) is 31.5 Å². The monoisotopic (exact) mass is 420 g/mol. The van der Waals surface area contributed by atoms with Gasteiger partial charge in [0.05, 0.1) is 5.56 Å². The summed E-state index contributed by atoms with van der Waals surface area (Å²) in [6.45, 7) is 0.644. The van der Waals surface area contributed by atoms with Crippen molar-refractivity contribution < 1.29 is 27.9 Å². The zero-order valence-electron chi connectivity index (χ0n) is 16.3. The molecular formula is C22H23F3N2O3. The number of likely N-dealkylation sites (tertiary alicyclic amines) is 1. The van der Waals surface area contributed by atoms with Gasteiger partial charge < -0.3 is 15.3 Å². The summed E-state index contributed by atoms with van der Waals surface area (Å²) in [6, 6.07) is 14.3. The molecule has 3 rings (SSSR count). The van der Waals surface area contributed by atoms with E-state index in [1.165, 1.54) is 17.0 Å². The predicted molar refractivity (Wildman–Crippen MR) is 105 cm³/mol. The minimum atomic E-state index is -4.44. The summed E-state index contributed by atoms with van der Waals surface area (Å²) in [6.07, 6.45) is -4.27. The number of carbonyl (C=O) groups is 2. The molecule has 30 heavy (non-hydrogen) atoms. The molecule has 0 spiro atoms. The lowest BCUT2D eigenvalue weighted by molar-refractivity contribution is -0.137. The maximum atomic E-state index is 12.9. The van der Waals surface area contributed by atoms with Crippen LogP contribution in [0.15, 0.2) is 54.6 Å². The van der Waals surface area contributed by atoms with Crippen LogP contribution in [0, 0.1) is 0 Å². The first kappa shape index (κ1) is 21.7. The molecule has 0 bridgehead atoms. The number of halogens is 3. The number of hydrogen-bond acceptors (Lipinski definition) is 2. The number of hydrogen-bond donors (Lipinski definition) is 2. The Morgan fingerprint density at radius 3 is 2.30 bits per heavy atom. The third-order valence-corrected chi connectivity index (χ3v) is 5.62. The molecule has 1 fully saturated rings. The Bertz CT molecular complexity index is 892. The quantitative estimate of drug-likeness (QED) is 0.752. The molecule has 1 heterocycles. The van der Waals surface area contributed by atoms with Gasteiger partial charge in [-0.2, -0.15) is 13.2 Å². The number of piperidine rings is 1. The van der Waals surface area contributed by atoms with E-state index in [0.717, 1.165) is 17.7 Å². The van der Waals surface area contributed by atoms with E-state index in [0.29, 0.717) is 31.5 Å². The third-order valence-electron chi connectivity index (χ3n) is 5.62. The van der Waals surface area contributed by atoms with Crippen LogP contribution in [0.3, 0.4) is 0 Å². The van der Waals surface area contributed by atoms with Crippen molar-refractivity contribution in [3.05, 3.63) is 71.3 Å². The van der Waals surface area contributed by atoms with Gasteiger partial charge >= 0.3 is 12.3 Å². The van der Waals surface area contributed by atoms with Crippen molar-refractivity contribution in [2.75, 3.05) is 13.1 Å². The van der Waals surface area contributed by atoms with E-state index < -0.39 is 23.2 Å². The van der Waals surface area contributed by atoms with Crippen molar-refractivity contribution >= 4 is 12.0 Å². The van der Waals surface area contributed by atoms with Crippen LogP contribution >= 0.6 is 0 Å². The Morgan fingerprint density at radius 2 is 1.70 bits per heavy atom. The number of benzene rings is 2. The third kappa shape index (κ3) is 5.11. The van der Waals surface area contributed by atoms with Crippen LogP contribution in [0.4, 0.5) is 18.0 Å². The van der Waals surface area contributed by atoms with E-state index in [4.69, 9.17) is 0 Å². The predicted octanol–water partition coefficient (Wildman–Crippen LogP) is 4.42. The first-order valence-corrected chi connectivity index (χ1v) is 9.66. The molecule has 1 aliphatic rings. The van der Waals surface area contributed by atoms with Crippen molar-refractivity contribution in [3.63, 3.8) is 0 Å². The average molecular weight is 420 g/mol. The highest BCUT2D eigenvalue weighted by Crippen LogP contribution is 2.38. The molecule has 2 aromatic carbocycles. The zero-order chi connectivity index (χ0) is 21.8. The Balaban J connectivity index is 1.70. The summed E-state index contributed by atoms with van der Waals surface area (Å²) in [5.74, 6) is -0.278. The van der Waals surface area contributed by atoms with E-state index in [-0.39, 0.29) is 18.9 Å². The molecule has 8 heteroatoms. The summed E-state index contributed by atoms with van der Waals surface area (Å²) in [5, 5.41) is 11.9.